The van der Waals surface area contributed by atoms with Gasteiger partial charge in [-0.2, -0.15) is 0 Å². The van der Waals surface area contributed by atoms with Gasteiger partial charge < -0.3 is 5.11 Å². The molecule has 0 amide bonds. The lowest BCUT2D eigenvalue weighted by atomic mass is 9.86. The van der Waals surface area contributed by atoms with Crippen molar-refractivity contribution in [2.45, 2.75) is 70.8 Å². The van der Waals surface area contributed by atoms with Gasteiger partial charge in [0, 0.05) is 10.3 Å². The van der Waals surface area contributed by atoms with E-state index in [1.54, 1.807) is 0 Å². The van der Waals surface area contributed by atoms with Crippen LogP contribution in [0, 0.1) is 6.92 Å². The minimum Gasteiger partial charge on any atom is -0.393 e. The molecule has 1 saturated carbocycles. The summed E-state index contributed by atoms with van der Waals surface area (Å²) in [6.07, 6.45) is 4.07. The quantitative estimate of drug-likeness (QED) is 0.826. The minimum absolute atomic E-state index is 0.0680. The lowest BCUT2D eigenvalue weighted by molar-refractivity contribution is 0.123. The molecule has 2 rings (SSSR count). The third-order valence-electron chi connectivity index (χ3n) is 3.54. The molecule has 0 aliphatic heterocycles. The van der Waals surface area contributed by atoms with Crippen LogP contribution in [0.15, 0.2) is 0 Å². The summed E-state index contributed by atoms with van der Waals surface area (Å²) in [5.74, 6) is 0.631. The highest BCUT2D eigenvalue weighted by molar-refractivity contribution is 7.12. The summed E-state index contributed by atoms with van der Waals surface area (Å²) in [6.45, 7) is 8.80. The maximum absolute atomic E-state index is 9.57. The van der Waals surface area contributed by atoms with E-state index in [4.69, 9.17) is 4.98 Å². The lowest BCUT2D eigenvalue weighted by Crippen LogP contribution is -2.16. The minimum atomic E-state index is -0.0680. The number of thiazole rings is 1. The number of aliphatic hydroxyl groups is 1. The lowest BCUT2D eigenvalue weighted by Gasteiger charge is -2.24. The van der Waals surface area contributed by atoms with Crippen molar-refractivity contribution in [2.24, 2.45) is 0 Å². The first kappa shape index (κ1) is 13.0. The van der Waals surface area contributed by atoms with Crippen LogP contribution in [0.3, 0.4) is 0 Å². The van der Waals surface area contributed by atoms with Crippen molar-refractivity contribution in [3.05, 3.63) is 15.6 Å². The topological polar surface area (TPSA) is 33.1 Å². The third kappa shape index (κ3) is 2.89. The standard InChI is InChI=1S/C14H23NOS/c1-9-12(10-5-7-11(16)8-6-10)17-13(15-9)14(2,3)4/h10-11,16H,5-8H2,1-4H3. The van der Waals surface area contributed by atoms with E-state index < -0.39 is 0 Å². The summed E-state index contributed by atoms with van der Waals surface area (Å²) in [7, 11) is 0. The van der Waals surface area contributed by atoms with Crippen LogP contribution >= 0.6 is 11.3 Å². The molecule has 0 spiro atoms. The van der Waals surface area contributed by atoms with E-state index >= 15 is 0 Å². The first-order valence-corrected chi connectivity index (χ1v) is 7.35. The summed E-state index contributed by atoms with van der Waals surface area (Å²) in [5.41, 5.74) is 1.36. The summed E-state index contributed by atoms with van der Waals surface area (Å²) >= 11 is 1.88. The molecule has 1 fully saturated rings. The van der Waals surface area contributed by atoms with E-state index in [2.05, 4.69) is 27.7 Å². The molecule has 0 atom stereocenters. The Morgan fingerprint density at radius 3 is 2.24 bits per heavy atom. The predicted octanol–water partition coefficient (Wildman–Crippen LogP) is 3.77. The van der Waals surface area contributed by atoms with Crippen LogP contribution in [-0.4, -0.2) is 16.2 Å². The van der Waals surface area contributed by atoms with Gasteiger partial charge >= 0.3 is 0 Å². The molecule has 1 aromatic heterocycles. The van der Waals surface area contributed by atoms with Crippen LogP contribution in [0.5, 0.6) is 0 Å². The second-order valence-corrected chi connectivity index (χ2v) is 7.25. The van der Waals surface area contributed by atoms with Gasteiger partial charge in [0.15, 0.2) is 0 Å². The molecule has 3 heteroatoms. The fraction of sp³-hybridized carbons (Fsp3) is 0.786. The Hall–Kier alpha value is -0.410. The molecule has 1 aliphatic carbocycles. The number of aliphatic hydroxyl groups excluding tert-OH is 1. The van der Waals surface area contributed by atoms with Crippen LogP contribution in [0.4, 0.5) is 0 Å². The smallest absolute Gasteiger partial charge is 0.0984 e. The Kier molecular flexibility index (Phi) is 3.60. The molecule has 1 heterocycles. The molecule has 0 radical (unpaired) electrons. The van der Waals surface area contributed by atoms with E-state index in [0.29, 0.717) is 5.92 Å². The molecule has 17 heavy (non-hydrogen) atoms. The van der Waals surface area contributed by atoms with Crippen molar-refractivity contribution in [1.29, 1.82) is 0 Å². The molecule has 96 valence electrons. The fourth-order valence-electron chi connectivity index (χ4n) is 2.45. The number of rotatable bonds is 1. The molecular formula is C14H23NOS. The molecular weight excluding hydrogens is 230 g/mol. The molecule has 2 nitrogen and oxygen atoms in total. The molecule has 0 saturated heterocycles. The van der Waals surface area contributed by atoms with Gasteiger partial charge in [0.05, 0.1) is 16.8 Å². The first-order chi connectivity index (χ1) is 7.88. The highest BCUT2D eigenvalue weighted by atomic mass is 32.1. The van der Waals surface area contributed by atoms with Gasteiger partial charge in [0.2, 0.25) is 0 Å². The average molecular weight is 253 g/mol. The number of nitrogens with zero attached hydrogens (tertiary/aromatic N) is 1. The number of aromatic nitrogens is 1. The van der Waals surface area contributed by atoms with Gasteiger partial charge in [-0.15, -0.1) is 11.3 Å². The highest BCUT2D eigenvalue weighted by Gasteiger charge is 2.27. The molecule has 1 aliphatic rings. The highest BCUT2D eigenvalue weighted by Crippen LogP contribution is 2.39. The normalized spacial score (nSPS) is 26.2. The van der Waals surface area contributed by atoms with E-state index in [-0.39, 0.29) is 11.5 Å². The van der Waals surface area contributed by atoms with Crippen molar-refractivity contribution >= 4 is 11.3 Å². The van der Waals surface area contributed by atoms with Crippen LogP contribution in [0.2, 0.25) is 0 Å². The summed E-state index contributed by atoms with van der Waals surface area (Å²) in [4.78, 5) is 6.19. The van der Waals surface area contributed by atoms with E-state index in [1.807, 2.05) is 11.3 Å². The van der Waals surface area contributed by atoms with Gasteiger partial charge in [-0.25, -0.2) is 4.98 Å². The largest absolute Gasteiger partial charge is 0.393 e. The number of hydrogen-bond donors (Lipinski definition) is 1. The molecule has 0 aromatic carbocycles. The van der Waals surface area contributed by atoms with Gasteiger partial charge in [0.1, 0.15) is 0 Å². The Morgan fingerprint density at radius 1 is 1.18 bits per heavy atom. The fourth-order valence-corrected chi connectivity index (χ4v) is 3.74. The van der Waals surface area contributed by atoms with Crippen molar-refractivity contribution in [3.8, 4) is 0 Å². The Bertz CT molecular complexity index is 383. The summed E-state index contributed by atoms with van der Waals surface area (Å²) in [6, 6.07) is 0. The van der Waals surface area contributed by atoms with Crippen molar-refractivity contribution in [2.75, 3.05) is 0 Å². The second-order valence-electron chi connectivity index (χ2n) is 6.22. The maximum atomic E-state index is 9.57. The maximum Gasteiger partial charge on any atom is 0.0984 e. The summed E-state index contributed by atoms with van der Waals surface area (Å²) in [5, 5.41) is 10.8. The monoisotopic (exact) mass is 253 g/mol. The van der Waals surface area contributed by atoms with Crippen LogP contribution in [-0.2, 0) is 5.41 Å². The van der Waals surface area contributed by atoms with E-state index in [9.17, 15) is 5.11 Å². The molecule has 1 aromatic rings. The predicted molar refractivity (Wildman–Crippen MR) is 72.8 cm³/mol. The third-order valence-corrected chi connectivity index (χ3v) is 5.29. The van der Waals surface area contributed by atoms with Crippen molar-refractivity contribution in [1.82, 2.24) is 4.98 Å². The van der Waals surface area contributed by atoms with E-state index in [1.165, 1.54) is 15.6 Å². The molecule has 1 N–H and O–H groups in total. The van der Waals surface area contributed by atoms with E-state index in [0.717, 1.165) is 25.7 Å². The first-order valence-electron chi connectivity index (χ1n) is 6.54. The zero-order chi connectivity index (χ0) is 12.6. The van der Waals surface area contributed by atoms with Crippen LogP contribution in [0.1, 0.15) is 68.0 Å². The number of hydrogen-bond acceptors (Lipinski definition) is 3. The zero-order valence-electron chi connectivity index (χ0n) is 11.3. The molecule has 0 bridgehead atoms. The summed E-state index contributed by atoms with van der Waals surface area (Å²) < 4.78 is 0. The zero-order valence-corrected chi connectivity index (χ0v) is 12.1. The van der Waals surface area contributed by atoms with Crippen LogP contribution < -0.4 is 0 Å². The van der Waals surface area contributed by atoms with Gasteiger partial charge in [-0.1, -0.05) is 20.8 Å². The van der Waals surface area contributed by atoms with Crippen molar-refractivity contribution in [3.63, 3.8) is 0 Å². The van der Waals surface area contributed by atoms with Gasteiger partial charge in [-0.3, -0.25) is 0 Å². The second kappa shape index (κ2) is 4.69. The van der Waals surface area contributed by atoms with Gasteiger partial charge in [-0.05, 0) is 38.5 Å². The van der Waals surface area contributed by atoms with Crippen molar-refractivity contribution < 1.29 is 5.11 Å². The van der Waals surface area contributed by atoms with Gasteiger partial charge in [0.25, 0.3) is 0 Å². The number of aryl methyl sites for hydroxylation is 1. The average Bonchev–Trinajstić information content (AvgIpc) is 2.61. The van der Waals surface area contributed by atoms with Crippen LogP contribution in [0.25, 0.3) is 0 Å². The SMILES string of the molecule is Cc1nc(C(C)(C)C)sc1C1CCC(O)CC1. The Labute approximate surface area is 108 Å². The molecule has 0 unspecified atom stereocenters. The Balaban J connectivity index is 2.19. The Morgan fingerprint density at radius 2 is 1.76 bits per heavy atom.